The first-order chi connectivity index (χ1) is 13.0. The molecule has 0 bridgehead atoms. The minimum absolute atomic E-state index is 0.289. The Morgan fingerprint density at radius 3 is 2.59 bits per heavy atom. The number of anilines is 1. The maximum Gasteiger partial charge on any atom is 0.320 e. The quantitative estimate of drug-likeness (QED) is 0.822. The number of rotatable bonds is 4. The molecule has 1 fully saturated rings. The lowest BCUT2D eigenvalue weighted by Gasteiger charge is -2.23. The van der Waals surface area contributed by atoms with E-state index in [0.717, 1.165) is 35.5 Å². The summed E-state index contributed by atoms with van der Waals surface area (Å²) in [6, 6.07) is 9.03. The summed E-state index contributed by atoms with van der Waals surface area (Å²) in [6.45, 7) is 2.97. The summed E-state index contributed by atoms with van der Waals surface area (Å²) in [5.41, 5.74) is 2.08. The van der Waals surface area contributed by atoms with Gasteiger partial charge in [-0.05, 0) is 49.1 Å². The number of fused-ring (bicyclic) bond motifs is 1. The van der Waals surface area contributed by atoms with Gasteiger partial charge in [0.2, 0.25) is 0 Å². The number of benzene rings is 2. The molecule has 1 aliphatic carbocycles. The summed E-state index contributed by atoms with van der Waals surface area (Å²) in [5, 5.41) is 6.55. The Balaban J connectivity index is 1.51. The fourth-order valence-electron chi connectivity index (χ4n) is 3.25. The molecule has 2 aromatic carbocycles. The van der Waals surface area contributed by atoms with Crippen molar-refractivity contribution in [3.63, 3.8) is 0 Å². The number of ether oxygens (including phenoxy) is 3. The van der Waals surface area contributed by atoms with Crippen molar-refractivity contribution < 1.29 is 19.0 Å². The van der Waals surface area contributed by atoms with E-state index in [-0.39, 0.29) is 11.6 Å². The minimum atomic E-state index is -0.380. The second kappa shape index (κ2) is 6.85. The summed E-state index contributed by atoms with van der Waals surface area (Å²) < 4.78 is 16.5. The van der Waals surface area contributed by atoms with E-state index in [1.165, 1.54) is 0 Å². The standard InChI is InChI=1S/C20H21ClN2O4/c1-12-9-15(17(25-2)11-14(12)21)22-19(24)23-20(5-6-20)13-3-4-16-18(10-13)27-8-7-26-16/h3-4,9-11H,5-8H2,1-2H3,(H2,22,23,24). The largest absolute Gasteiger partial charge is 0.495 e. The number of hydrogen-bond acceptors (Lipinski definition) is 4. The third-order valence-electron chi connectivity index (χ3n) is 4.93. The van der Waals surface area contributed by atoms with Crippen LogP contribution in [0.3, 0.4) is 0 Å². The molecule has 2 N–H and O–H groups in total. The van der Waals surface area contributed by atoms with Gasteiger partial charge in [0.25, 0.3) is 0 Å². The van der Waals surface area contributed by atoms with E-state index in [1.54, 1.807) is 19.2 Å². The highest BCUT2D eigenvalue weighted by Gasteiger charge is 2.46. The monoisotopic (exact) mass is 388 g/mol. The van der Waals surface area contributed by atoms with Crippen molar-refractivity contribution in [2.75, 3.05) is 25.6 Å². The van der Waals surface area contributed by atoms with Crippen LogP contribution in [0.1, 0.15) is 24.0 Å². The topological polar surface area (TPSA) is 68.8 Å². The number of hydrogen-bond donors (Lipinski definition) is 2. The molecular weight excluding hydrogens is 368 g/mol. The van der Waals surface area contributed by atoms with Gasteiger partial charge in [-0.3, -0.25) is 0 Å². The van der Waals surface area contributed by atoms with E-state index >= 15 is 0 Å². The van der Waals surface area contributed by atoms with Gasteiger partial charge in [0, 0.05) is 11.1 Å². The molecule has 0 radical (unpaired) electrons. The van der Waals surface area contributed by atoms with Crippen molar-refractivity contribution in [2.24, 2.45) is 0 Å². The number of carbonyl (C=O) groups excluding carboxylic acids is 1. The average molecular weight is 389 g/mol. The molecule has 0 atom stereocenters. The zero-order valence-electron chi connectivity index (χ0n) is 15.2. The van der Waals surface area contributed by atoms with E-state index in [1.807, 2.05) is 25.1 Å². The molecule has 2 amide bonds. The molecule has 2 aromatic rings. The lowest BCUT2D eigenvalue weighted by molar-refractivity contribution is 0.171. The molecule has 4 rings (SSSR count). The normalized spacial score (nSPS) is 16.4. The number of aryl methyl sites for hydroxylation is 1. The molecule has 0 saturated heterocycles. The van der Waals surface area contributed by atoms with Crippen molar-refractivity contribution in [3.8, 4) is 17.2 Å². The van der Waals surface area contributed by atoms with Crippen LogP contribution < -0.4 is 24.8 Å². The molecule has 2 aliphatic rings. The summed E-state index contributed by atoms with van der Waals surface area (Å²) in [4.78, 5) is 12.6. The molecule has 0 unspecified atom stereocenters. The number of halogens is 1. The molecular formula is C20H21ClN2O4. The number of amides is 2. The molecule has 27 heavy (non-hydrogen) atoms. The highest BCUT2D eigenvalue weighted by Crippen LogP contribution is 2.48. The van der Waals surface area contributed by atoms with Crippen molar-refractivity contribution in [2.45, 2.75) is 25.3 Å². The van der Waals surface area contributed by atoms with Crippen LogP contribution in [-0.4, -0.2) is 26.4 Å². The van der Waals surface area contributed by atoms with Crippen LogP contribution in [0.4, 0.5) is 10.5 Å². The third kappa shape index (κ3) is 3.49. The fourth-order valence-corrected chi connectivity index (χ4v) is 3.41. The molecule has 1 heterocycles. The molecule has 7 heteroatoms. The first-order valence-electron chi connectivity index (χ1n) is 8.84. The zero-order valence-corrected chi connectivity index (χ0v) is 16.0. The molecule has 142 valence electrons. The van der Waals surface area contributed by atoms with Crippen LogP contribution >= 0.6 is 11.6 Å². The molecule has 6 nitrogen and oxygen atoms in total. The molecule has 0 aromatic heterocycles. The second-order valence-electron chi connectivity index (χ2n) is 6.82. The number of nitrogens with one attached hydrogen (secondary N) is 2. The Morgan fingerprint density at radius 1 is 1.15 bits per heavy atom. The SMILES string of the molecule is COc1cc(Cl)c(C)cc1NC(=O)NC1(c2ccc3c(c2)OCCO3)CC1. The Morgan fingerprint density at radius 2 is 1.89 bits per heavy atom. The summed E-state index contributed by atoms with van der Waals surface area (Å²) in [7, 11) is 1.54. The van der Waals surface area contributed by atoms with E-state index in [9.17, 15) is 4.79 Å². The van der Waals surface area contributed by atoms with E-state index in [0.29, 0.717) is 29.7 Å². The van der Waals surface area contributed by atoms with Gasteiger partial charge < -0.3 is 24.8 Å². The van der Waals surface area contributed by atoms with Crippen LogP contribution in [-0.2, 0) is 5.54 Å². The summed E-state index contributed by atoms with van der Waals surface area (Å²) in [6.07, 6.45) is 1.74. The first-order valence-corrected chi connectivity index (χ1v) is 9.22. The maximum absolute atomic E-state index is 12.6. The highest BCUT2D eigenvalue weighted by molar-refractivity contribution is 6.31. The van der Waals surface area contributed by atoms with Crippen LogP contribution in [0, 0.1) is 6.92 Å². The number of urea groups is 1. The van der Waals surface area contributed by atoms with Crippen LogP contribution in [0.15, 0.2) is 30.3 Å². The lowest BCUT2D eigenvalue weighted by Crippen LogP contribution is -2.38. The van der Waals surface area contributed by atoms with E-state index < -0.39 is 0 Å². The van der Waals surface area contributed by atoms with Crippen LogP contribution in [0.25, 0.3) is 0 Å². The maximum atomic E-state index is 12.6. The number of methoxy groups -OCH3 is 1. The third-order valence-corrected chi connectivity index (χ3v) is 5.33. The van der Waals surface area contributed by atoms with Gasteiger partial charge in [-0.15, -0.1) is 0 Å². The van der Waals surface area contributed by atoms with E-state index in [2.05, 4.69) is 10.6 Å². The van der Waals surface area contributed by atoms with Gasteiger partial charge in [0.15, 0.2) is 11.5 Å². The van der Waals surface area contributed by atoms with Crippen molar-refractivity contribution in [1.29, 1.82) is 0 Å². The number of carbonyl (C=O) groups is 1. The fraction of sp³-hybridized carbons (Fsp3) is 0.350. The molecule has 1 aliphatic heterocycles. The smallest absolute Gasteiger partial charge is 0.320 e. The van der Waals surface area contributed by atoms with Crippen molar-refractivity contribution in [1.82, 2.24) is 5.32 Å². The van der Waals surface area contributed by atoms with Gasteiger partial charge >= 0.3 is 6.03 Å². The Bertz CT molecular complexity index is 896. The Labute approximate surface area is 162 Å². The lowest BCUT2D eigenvalue weighted by atomic mass is 10.0. The van der Waals surface area contributed by atoms with Gasteiger partial charge in [-0.2, -0.15) is 0 Å². The molecule has 0 spiro atoms. The van der Waals surface area contributed by atoms with Crippen LogP contribution in [0.5, 0.6) is 17.2 Å². The summed E-state index contributed by atoms with van der Waals surface area (Å²) >= 11 is 6.13. The minimum Gasteiger partial charge on any atom is -0.495 e. The predicted molar refractivity (Wildman–Crippen MR) is 103 cm³/mol. The molecule has 1 saturated carbocycles. The average Bonchev–Trinajstić information content (AvgIpc) is 3.44. The summed E-state index contributed by atoms with van der Waals surface area (Å²) in [5.74, 6) is 1.98. The van der Waals surface area contributed by atoms with Crippen LogP contribution in [0.2, 0.25) is 5.02 Å². The van der Waals surface area contributed by atoms with Gasteiger partial charge in [-0.25, -0.2) is 4.79 Å². The predicted octanol–water partition coefficient (Wildman–Crippen LogP) is 4.24. The van der Waals surface area contributed by atoms with E-state index in [4.69, 9.17) is 25.8 Å². The van der Waals surface area contributed by atoms with Gasteiger partial charge in [0.1, 0.15) is 19.0 Å². The van der Waals surface area contributed by atoms with Crippen molar-refractivity contribution in [3.05, 3.63) is 46.5 Å². The van der Waals surface area contributed by atoms with Gasteiger partial charge in [0.05, 0.1) is 18.3 Å². The zero-order chi connectivity index (χ0) is 19.0. The highest BCUT2D eigenvalue weighted by atomic mass is 35.5. The Hall–Kier alpha value is -2.60. The first kappa shape index (κ1) is 17.8. The van der Waals surface area contributed by atoms with Crippen molar-refractivity contribution >= 4 is 23.3 Å². The van der Waals surface area contributed by atoms with Gasteiger partial charge in [-0.1, -0.05) is 17.7 Å². The second-order valence-corrected chi connectivity index (χ2v) is 7.23. The Kier molecular flexibility index (Phi) is 4.52.